The fourth-order valence-electron chi connectivity index (χ4n) is 6.58. The molecule has 0 radical (unpaired) electrons. The van der Waals surface area contributed by atoms with Crippen LogP contribution in [0.15, 0.2) is 48.6 Å². The van der Waals surface area contributed by atoms with E-state index in [9.17, 15) is 0 Å². The van der Waals surface area contributed by atoms with Gasteiger partial charge in [0.1, 0.15) is 17.0 Å². The van der Waals surface area contributed by atoms with Crippen molar-refractivity contribution in [3.8, 4) is 21.7 Å². The third kappa shape index (κ3) is 3.10. The van der Waals surface area contributed by atoms with Crippen LogP contribution in [0.4, 0.5) is 0 Å². The predicted molar refractivity (Wildman–Crippen MR) is 153 cm³/mol. The van der Waals surface area contributed by atoms with Crippen molar-refractivity contribution in [3.63, 3.8) is 0 Å². The van der Waals surface area contributed by atoms with Crippen molar-refractivity contribution in [1.29, 1.82) is 0 Å². The molecule has 2 bridgehead atoms. The molecule has 0 unspecified atom stereocenters. The van der Waals surface area contributed by atoms with Crippen molar-refractivity contribution in [2.24, 2.45) is 5.92 Å². The van der Waals surface area contributed by atoms with Crippen molar-refractivity contribution < 1.29 is 0 Å². The highest BCUT2D eigenvalue weighted by Gasteiger charge is 2.36. The Bertz CT molecular complexity index is 1930. The monoisotopic (exact) mass is 519 g/mol. The molecule has 2 atom stereocenters. The number of aromatic amines is 2. The average molecular weight is 520 g/mol. The zero-order valence-corrected chi connectivity index (χ0v) is 22.7. The number of nitrogens with zero attached hydrogens (tertiary/aromatic N) is 4. The van der Waals surface area contributed by atoms with E-state index in [1.54, 1.807) is 6.33 Å². The van der Waals surface area contributed by atoms with Gasteiger partial charge in [0.15, 0.2) is 5.65 Å². The van der Waals surface area contributed by atoms with Crippen LogP contribution in [-0.4, -0.2) is 29.5 Å². The van der Waals surface area contributed by atoms with E-state index in [0.29, 0.717) is 17.9 Å². The predicted octanol–water partition coefficient (Wildman–Crippen LogP) is 7.16. The molecule has 1 fully saturated rings. The van der Waals surface area contributed by atoms with Crippen molar-refractivity contribution >= 4 is 38.2 Å². The van der Waals surface area contributed by atoms with E-state index in [-0.39, 0.29) is 0 Å². The van der Waals surface area contributed by atoms with Crippen molar-refractivity contribution in [2.75, 3.05) is 0 Å². The molecule has 2 aliphatic rings. The van der Waals surface area contributed by atoms with Gasteiger partial charge in [-0.2, -0.15) is 5.10 Å². The molecular weight excluding hydrogens is 490 g/mol. The zero-order chi connectivity index (χ0) is 25.7. The third-order valence-corrected chi connectivity index (χ3v) is 9.62. The standard InChI is InChI=1S/C30H29N7S/c1-14(2)23-24-16(4)27(38-30(24)36-25(23)19-9-15(3)29-31-13-32-37(29)12-19)18-6-8-21-22(11-18)35-28(34-21)26-17-5-7-20(10-17)33-26/h6-9,11-14,17,26,33,36H,5,10H2,1-4H3,(H,34,35)/t17-,26-/m0/s1. The van der Waals surface area contributed by atoms with Crippen LogP contribution < -0.4 is 5.32 Å². The second kappa shape index (κ2) is 7.80. The molecule has 3 N–H and O–H groups in total. The Kier molecular flexibility index (Phi) is 4.54. The summed E-state index contributed by atoms with van der Waals surface area (Å²) >= 11 is 1.84. The van der Waals surface area contributed by atoms with Gasteiger partial charge in [-0.1, -0.05) is 26.0 Å². The summed E-state index contributed by atoms with van der Waals surface area (Å²) in [5.74, 6) is 2.06. The van der Waals surface area contributed by atoms with E-state index in [2.05, 4.69) is 89.6 Å². The highest BCUT2D eigenvalue weighted by Crippen LogP contribution is 2.46. The number of allylic oxidation sites excluding steroid dienone is 2. The summed E-state index contributed by atoms with van der Waals surface area (Å²) < 4.78 is 1.87. The molecule has 190 valence electrons. The molecule has 7 nitrogen and oxygen atoms in total. The van der Waals surface area contributed by atoms with Gasteiger partial charge in [-0.25, -0.2) is 14.5 Å². The van der Waals surface area contributed by atoms with E-state index >= 15 is 0 Å². The minimum atomic E-state index is 0.305. The zero-order valence-electron chi connectivity index (χ0n) is 21.9. The van der Waals surface area contributed by atoms with Crippen molar-refractivity contribution in [3.05, 3.63) is 71.1 Å². The third-order valence-electron chi connectivity index (χ3n) is 8.37. The molecule has 0 amide bonds. The number of fused-ring (bicyclic) bond motifs is 5. The van der Waals surface area contributed by atoms with Gasteiger partial charge in [-0.3, -0.25) is 0 Å². The van der Waals surface area contributed by atoms with Gasteiger partial charge in [-0.05, 0) is 79.0 Å². The molecule has 6 heterocycles. The van der Waals surface area contributed by atoms with Crippen LogP contribution in [0.1, 0.15) is 61.2 Å². The first kappa shape index (κ1) is 22.1. The van der Waals surface area contributed by atoms with Crippen LogP contribution >= 0.6 is 11.3 Å². The van der Waals surface area contributed by atoms with Gasteiger partial charge in [0.2, 0.25) is 0 Å². The summed E-state index contributed by atoms with van der Waals surface area (Å²) in [5, 5.41) is 9.38. The first-order valence-electron chi connectivity index (χ1n) is 13.4. The molecule has 8 heteroatoms. The maximum Gasteiger partial charge on any atom is 0.158 e. The van der Waals surface area contributed by atoms with Gasteiger partial charge in [0.25, 0.3) is 0 Å². The minimum absolute atomic E-state index is 0.305. The molecule has 38 heavy (non-hydrogen) atoms. The smallest absolute Gasteiger partial charge is 0.158 e. The summed E-state index contributed by atoms with van der Waals surface area (Å²) in [4.78, 5) is 19.3. The lowest BCUT2D eigenvalue weighted by Crippen LogP contribution is -2.21. The number of imidazole rings is 1. The van der Waals surface area contributed by atoms with Crippen LogP contribution in [0.2, 0.25) is 0 Å². The molecular formula is C30H29N7S. The second-order valence-corrected chi connectivity index (χ2v) is 12.2. The number of pyridine rings is 1. The molecule has 6 aromatic rings. The number of rotatable bonds is 4. The number of benzene rings is 1. The lowest BCUT2D eigenvalue weighted by molar-refractivity contribution is 0.448. The van der Waals surface area contributed by atoms with E-state index in [1.807, 2.05) is 15.9 Å². The molecule has 1 aromatic carbocycles. The summed E-state index contributed by atoms with van der Waals surface area (Å²) in [6.07, 6.45) is 8.33. The van der Waals surface area contributed by atoms with Gasteiger partial charge in [0, 0.05) is 27.7 Å². The van der Waals surface area contributed by atoms with E-state index in [4.69, 9.17) is 4.98 Å². The first-order chi connectivity index (χ1) is 18.4. The Hall–Kier alpha value is -3.91. The minimum Gasteiger partial charge on any atom is -0.379 e. The SMILES string of the molecule is Cc1c(-c2ccc3nc([C@H]4NC5=CC[C@H]4C5)[nH]c3c2)sc2[nH]c(-c3cc(C)c4ncnn4c3)c(C(C)C)c12. The number of H-pyrrole nitrogens is 2. The summed E-state index contributed by atoms with van der Waals surface area (Å²) in [6.45, 7) is 8.92. The average Bonchev–Trinajstić information content (AvgIpc) is 3.73. The Labute approximate surface area is 224 Å². The van der Waals surface area contributed by atoms with Gasteiger partial charge in [0.05, 0.1) is 22.8 Å². The number of nitrogens with one attached hydrogen (secondary N) is 3. The van der Waals surface area contributed by atoms with E-state index < -0.39 is 0 Å². The Morgan fingerprint density at radius 2 is 2.00 bits per heavy atom. The lowest BCUT2D eigenvalue weighted by atomic mass is 9.95. The van der Waals surface area contributed by atoms with Crippen LogP contribution in [0.25, 0.3) is 48.6 Å². The maximum atomic E-state index is 4.95. The number of aryl methyl sites for hydroxylation is 2. The van der Waals surface area contributed by atoms with E-state index in [1.165, 1.54) is 43.2 Å². The second-order valence-electron chi connectivity index (χ2n) is 11.2. The van der Waals surface area contributed by atoms with Crippen LogP contribution in [0, 0.1) is 19.8 Å². The number of hydrogen-bond donors (Lipinski definition) is 3. The molecule has 1 saturated heterocycles. The Morgan fingerprint density at radius 1 is 1.11 bits per heavy atom. The number of hydrogen-bond acceptors (Lipinski definition) is 5. The molecule has 0 spiro atoms. The van der Waals surface area contributed by atoms with Crippen molar-refractivity contribution in [2.45, 2.75) is 52.5 Å². The highest BCUT2D eigenvalue weighted by molar-refractivity contribution is 7.22. The van der Waals surface area contributed by atoms with Gasteiger partial charge < -0.3 is 15.3 Å². The molecule has 1 aliphatic carbocycles. The van der Waals surface area contributed by atoms with Gasteiger partial charge >= 0.3 is 0 Å². The fourth-order valence-corrected chi connectivity index (χ4v) is 7.81. The maximum absolute atomic E-state index is 4.95. The Morgan fingerprint density at radius 3 is 2.79 bits per heavy atom. The highest BCUT2D eigenvalue weighted by atomic mass is 32.1. The number of aromatic nitrogens is 6. The molecule has 0 saturated carbocycles. The quantitative estimate of drug-likeness (QED) is 0.231. The normalized spacial score (nSPS) is 18.9. The van der Waals surface area contributed by atoms with Crippen LogP contribution in [0.5, 0.6) is 0 Å². The van der Waals surface area contributed by atoms with Crippen LogP contribution in [0.3, 0.4) is 0 Å². The fraction of sp³-hybridized carbons (Fsp3) is 0.300. The largest absolute Gasteiger partial charge is 0.379 e. The number of thiophene rings is 1. The summed E-state index contributed by atoms with van der Waals surface area (Å²) in [5.41, 5.74) is 11.8. The Balaban J connectivity index is 1.23. The summed E-state index contributed by atoms with van der Waals surface area (Å²) in [6, 6.07) is 9.18. The van der Waals surface area contributed by atoms with Gasteiger partial charge in [-0.15, -0.1) is 11.3 Å². The molecule has 5 aromatic heterocycles. The summed E-state index contributed by atoms with van der Waals surface area (Å²) in [7, 11) is 0. The molecule has 8 rings (SSSR count). The lowest BCUT2D eigenvalue weighted by Gasteiger charge is -2.17. The van der Waals surface area contributed by atoms with Crippen LogP contribution in [-0.2, 0) is 0 Å². The first-order valence-corrected chi connectivity index (χ1v) is 14.2. The molecule has 1 aliphatic heterocycles. The van der Waals surface area contributed by atoms with Crippen molar-refractivity contribution in [1.82, 2.24) is 34.9 Å². The van der Waals surface area contributed by atoms with E-state index in [0.717, 1.165) is 46.5 Å². The topological polar surface area (TPSA) is 86.7 Å².